The monoisotopic (exact) mass is 152 g/mol. The van der Waals surface area contributed by atoms with E-state index in [1.54, 1.807) is 0 Å². The Kier molecular flexibility index (Phi) is 1.00. The Morgan fingerprint density at radius 2 is 1.45 bits per heavy atom. The smallest absolute Gasteiger partial charge is 0.314 e. The summed E-state index contributed by atoms with van der Waals surface area (Å²) < 4.78 is 4.73. The zero-order valence-corrected chi connectivity index (χ0v) is 5.38. The number of aromatic amines is 2. The molecule has 0 spiro atoms. The van der Waals surface area contributed by atoms with Crippen LogP contribution in [0, 0.1) is 0 Å². The second kappa shape index (κ2) is 1.85. The van der Waals surface area contributed by atoms with Gasteiger partial charge in [0.05, 0.1) is 0 Å². The quantitative estimate of drug-likeness (QED) is 0.513. The highest BCUT2D eigenvalue weighted by Gasteiger charge is 1.98. The van der Waals surface area contributed by atoms with Gasteiger partial charge >= 0.3 is 11.1 Å². The summed E-state index contributed by atoms with van der Waals surface area (Å²) in [5.74, 6) is 0. The molecule has 0 fully saturated rings. The second-order valence-electron chi connectivity index (χ2n) is 2.11. The van der Waals surface area contributed by atoms with E-state index in [9.17, 15) is 9.59 Å². The molecule has 2 aromatic heterocycles. The van der Waals surface area contributed by atoms with E-state index in [4.69, 9.17) is 4.42 Å². The lowest BCUT2D eigenvalue weighted by molar-refractivity contribution is 0.571. The zero-order chi connectivity index (χ0) is 7.84. The summed E-state index contributed by atoms with van der Waals surface area (Å²) in [6.07, 6.45) is 2.71. The highest BCUT2D eigenvalue weighted by molar-refractivity contribution is 5.71. The van der Waals surface area contributed by atoms with E-state index in [0.717, 1.165) is 0 Å². The van der Waals surface area contributed by atoms with E-state index in [2.05, 4.69) is 9.97 Å². The van der Waals surface area contributed by atoms with Crippen molar-refractivity contribution in [1.29, 1.82) is 0 Å². The number of H-pyrrole nitrogens is 2. The van der Waals surface area contributed by atoms with Crippen molar-refractivity contribution in [3.05, 3.63) is 33.2 Å². The van der Waals surface area contributed by atoms with Gasteiger partial charge in [0.25, 0.3) is 0 Å². The lowest BCUT2D eigenvalue weighted by Crippen LogP contribution is -2.28. The molecule has 0 aliphatic heterocycles. The minimum atomic E-state index is -0.668. The average Bonchev–Trinajstić information content (AvgIpc) is 2.36. The maximum Gasteiger partial charge on any atom is 0.314 e. The molecule has 2 heterocycles. The van der Waals surface area contributed by atoms with Crippen molar-refractivity contribution in [2.45, 2.75) is 0 Å². The number of nitrogens with one attached hydrogen (secondary N) is 2. The van der Waals surface area contributed by atoms with Crippen LogP contribution < -0.4 is 11.1 Å². The third-order valence-electron chi connectivity index (χ3n) is 1.36. The maximum atomic E-state index is 10.7. The number of rotatable bonds is 0. The van der Waals surface area contributed by atoms with Gasteiger partial charge in [-0.25, -0.2) is 0 Å². The molecule has 0 aliphatic rings. The van der Waals surface area contributed by atoms with Gasteiger partial charge in [-0.05, 0) is 0 Å². The number of furan rings is 1. The summed E-state index contributed by atoms with van der Waals surface area (Å²) >= 11 is 0. The van der Waals surface area contributed by atoms with Gasteiger partial charge in [0.1, 0.15) is 23.6 Å². The van der Waals surface area contributed by atoms with Crippen LogP contribution in [-0.4, -0.2) is 9.97 Å². The Balaban J connectivity index is 3.09. The topological polar surface area (TPSA) is 78.9 Å². The van der Waals surface area contributed by atoms with Gasteiger partial charge in [-0.15, -0.1) is 0 Å². The highest BCUT2D eigenvalue weighted by Crippen LogP contribution is 2.03. The van der Waals surface area contributed by atoms with E-state index in [1.807, 2.05) is 0 Å². The van der Waals surface area contributed by atoms with E-state index in [0.29, 0.717) is 11.0 Å². The Hall–Kier alpha value is -1.78. The normalized spacial score (nSPS) is 10.5. The Morgan fingerprint density at radius 3 is 1.91 bits per heavy atom. The van der Waals surface area contributed by atoms with Crippen LogP contribution in [0.1, 0.15) is 0 Å². The fourth-order valence-corrected chi connectivity index (χ4v) is 0.849. The minimum absolute atomic E-state index is 0.495. The van der Waals surface area contributed by atoms with Gasteiger partial charge < -0.3 is 14.4 Å². The molecule has 11 heavy (non-hydrogen) atoms. The van der Waals surface area contributed by atoms with Crippen molar-refractivity contribution < 1.29 is 4.42 Å². The molecule has 2 aromatic rings. The largest absolute Gasteiger partial charge is 0.468 e. The van der Waals surface area contributed by atoms with Crippen molar-refractivity contribution in [3.8, 4) is 0 Å². The molecule has 0 amide bonds. The van der Waals surface area contributed by atoms with Crippen molar-refractivity contribution in [2.75, 3.05) is 0 Å². The molecule has 0 saturated heterocycles. The zero-order valence-electron chi connectivity index (χ0n) is 5.38. The summed E-state index contributed by atoms with van der Waals surface area (Å²) in [5, 5.41) is 0. The molecular formula is C6H4N2O3. The first-order chi connectivity index (χ1) is 5.27. The molecule has 0 unspecified atom stereocenters. The minimum Gasteiger partial charge on any atom is -0.468 e. The molecule has 5 nitrogen and oxygen atoms in total. The molecule has 56 valence electrons. The van der Waals surface area contributed by atoms with Crippen molar-refractivity contribution in [3.63, 3.8) is 0 Å². The van der Waals surface area contributed by atoms with Crippen LogP contribution in [0.5, 0.6) is 0 Å². The van der Waals surface area contributed by atoms with Crippen LogP contribution in [0.3, 0.4) is 0 Å². The Labute approximate surface area is 59.7 Å². The van der Waals surface area contributed by atoms with E-state index >= 15 is 0 Å². The fourth-order valence-electron chi connectivity index (χ4n) is 0.849. The molecule has 2 rings (SSSR count). The lowest BCUT2D eigenvalue weighted by atomic mass is 10.5. The van der Waals surface area contributed by atoms with Crippen LogP contribution in [0.25, 0.3) is 11.0 Å². The first-order valence-electron chi connectivity index (χ1n) is 2.96. The van der Waals surface area contributed by atoms with Crippen molar-refractivity contribution in [2.24, 2.45) is 0 Å². The first kappa shape index (κ1) is 5.96. The van der Waals surface area contributed by atoms with Gasteiger partial charge in [0, 0.05) is 0 Å². The number of fused-ring (bicyclic) bond motifs is 1. The average molecular weight is 152 g/mol. The standard InChI is InChI=1S/C6H4N2O3/c9-5-6(10)8-4-2-11-1-3(4)7-5/h1-2H,(H,7,9)(H,8,10). The molecular weight excluding hydrogens is 148 g/mol. The summed E-state index contributed by atoms with van der Waals surface area (Å²) in [7, 11) is 0. The van der Waals surface area contributed by atoms with Crippen molar-refractivity contribution >= 4 is 11.0 Å². The maximum absolute atomic E-state index is 10.7. The van der Waals surface area contributed by atoms with Gasteiger partial charge in [-0.1, -0.05) is 0 Å². The SMILES string of the molecule is O=c1[nH]c2cocc2[nH]c1=O. The van der Waals surface area contributed by atoms with Crippen molar-refractivity contribution in [1.82, 2.24) is 9.97 Å². The summed E-state index contributed by atoms with van der Waals surface area (Å²) in [6.45, 7) is 0. The van der Waals surface area contributed by atoms with Gasteiger partial charge in [-0.3, -0.25) is 9.59 Å². The Bertz CT molecular complexity index is 446. The van der Waals surface area contributed by atoms with E-state index < -0.39 is 11.1 Å². The molecule has 0 saturated carbocycles. The molecule has 0 bridgehead atoms. The van der Waals surface area contributed by atoms with Gasteiger partial charge in [0.2, 0.25) is 0 Å². The van der Waals surface area contributed by atoms with Crippen LogP contribution in [0.15, 0.2) is 26.5 Å². The van der Waals surface area contributed by atoms with Gasteiger partial charge in [0.15, 0.2) is 0 Å². The number of hydrogen-bond acceptors (Lipinski definition) is 3. The Morgan fingerprint density at radius 1 is 1.00 bits per heavy atom. The van der Waals surface area contributed by atoms with E-state index in [-0.39, 0.29) is 0 Å². The predicted octanol–water partition coefficient (Wildman–Crippen LogP) is -0.191. The lowest BCUT2D eigenvalue weighted by Gasteiger charge is -1.83. The summed E-state index contributed by atoms with van der Waals surface area (Å²) in [6, 6.07) is 0. The molecule has 0 aliphatic carbocycles. The summed E-state index contributed by atoms with van der Waals surface area (Å²) in [4.78, 5) is 26.1. The summed E-state index contributed by atoms with van der Waals surface area (Å²) in [5.41, 5.74) is -0.345. The molecule has 2 N–H and O–H groups in total. The number of aromatic nitrogens is 2. The van der Waals surface area contributed by atoms with Crippen LogP contribution in [0.2, 0.25) is 0 Å². The van der Waals surface area contributed by atoms with Crippen LogP contribution in [-0.2, 0) is 0 Å². The first-order valence-corrected chi connectivity index (χ1v) is 2.96. The molecule has 0 atom stereocenters. The fraction of sp³-hybridized carbons (Fsp3) is 0. The third-order valence-corrected chi connectivity index (χ3v) is 1.36. The molecule has 5 heteroatoms. The number of hydrogen-bond donors (Lipinski definition) is 2. The predicted molar refractivity (Wildman–Crippen MR) is 37.5 cm³/mol. The van der Waals surface area contributed by atoms with Gasteiger partial charge in [-0.2, -0.15) is 0 Å². The molecule has 0 radical (unpaired) electrons. The van der Waals surface area contributed by atoms with Crippen LogP contribution >= 0.6 is 0 Å². The second-order valence-corrected chi connectivity index (χ2v) is 2.11. The third kappa shape index (κ3) is 0.778. The molecule has 0 aromatic carbocycles. The van der Waals surface area contributed by atoms with Crippen LogP contribution in [0.4, 0.5) is 0 Å². The van der Waals surface area contributed by atoms with E-state index in [1.165, 1.54) is 12.5 Å². The highest BCUT2D eigenvalue weighted by atomic mass is 16.3.